The van der Waals surface area contributed by atoms with Gasteiger partial charge in [-0.05, 0) is 49.9 Å². The van der Waals surface area contributed by atoms with E-state index in [1.165, 1.54) is 20.0 Å². The first kappa shape index (κ1) is 17.8. The summed E-state index contributed by atoms with van der Waals surface area (Å²) in [4.78, 5) is 13.8. The highest BCUT2D eigenvalue weighted by Gasteiger charge is 2.25. The molecule has 1 N–H and O–H groups in total. The van der Waals surface area contributed by atoms with E-state index < -0.39 is 12.1 Å². The molecule has 0 spiro atoms. The molecular formula is C18H27NO4. The lowest BCUT2D eigenvalue weighted by Gasteiger charge is -2.24. The van der Waals surface area contributed by atoms with E-state index in [4.69, 9.17) is 4.74 Å². The van der Waals surface area contributed by atoms with Crippen LogP contribution in [0.5, 0.6) is 5.75 Å². The first-order valence-corrected chi connectivity index (χ1v) is 8.34. The fourth-order valence-corrected chi connectivity index (χ4v) is 2.61. The molecule has 0 radical (unpaired) electrons. The molecule has 0 heterocycles. The minimum Gasteiger partial charge on any atom is -0.491 e. The fourth-order valence-electron chi connectivity index (χ4n) is 2.61. The largest absolute Gasteiger partial charge is 0.491 e. The van der Waals surface area contributed by atoms with Crippen LogP contribution >= 0.6 is 0 Å². The molecule has 5 nitrogen and oxygen atoms in total. The van der Waals surface area contributed by atoms with Gasteiger partial charge in [0.05, 0.1) is 12.7 Å². The van der Waals surface area contributed by atoms with Crippen molar-refractivity contribution in [2.24, 2.45) is 5.92 Å². The average Bonchev–Trinajstić information content (AvgIpc) is 3.36. The molecule has 1 aliphatic carbocycles. The molecule has 0 bridgehead atoms. The molecule has 0 aliphatic heterocycles. The highest BCUT2D eigenvalue weighted by molar-refractivity contribution is 5.89. The predicted molar refractivity (Wildman–Crippen MR) is 88.7 cm³/mol. The molecule has 1 atom stereocenters. The van der Waals surface area contributed by atoms with Gasteiger partial charge in [0.15, 0.2) is 0 Å². The van der Waals surface area contributed by atoms with Crippen LogP contribution in [0.2, 0.25) is 0 Å². The van der Waals surface area contributed by atoms with Crippen molar-refractivity contribution in [3.63, 3.8) is 0 Å². The maximum atomic E-state index is 11.5. The van der Waals surface area contributed by atoms with E-state index in [0.717, 1.165) is 25.4 Å². The maximum absolute atomic E-state index is 11.5. The molecule has 0 aromatic heterocycles. The Hall–Kier alpha value is -1.59. The Kier molecular flexibility index (Phi) is 6.86. The second-order valence-electron chi connectivity index (χ2n) is 6.19. The van der Waals surface area contributed by atoms with Crippen LogP contribution in [-0.4, -0.2) is 55.4 Å². The highest BCUT2D eigenvalue weighted by atomic mass is 16.5. The van der Waals surface area contributed by atoms with Gasteiger partial charge in [-0.2, -0.15) is 0 Å². The minimum absolute atomic E-state index is 0.218. The third kappa shape index (κ3) is 6.20. The molecule has 1 saturated carbocycles. The lowest BCUT2D eigenvalue weighted by atomic mass is 10.2. The summed E-state index contributed by atoms with van der Waals surface area (Å²) in [6.07, 6.45) is 3.17. The first-order valence-electron chi connectivity index (χ1n) is 8.34. The number of methoxy groups -OCH3 is 1. The van der Waals surface area contributed by atoms with Crippen LogP contribution in [-0.2, 0) is 4.74 Å². The fraction of sp³-hybridized carbons (Fsp3) is 0.611. The number of hydrogen-bond acceptors (Lipinski definition) is 5. The first-order chi connectivity index (χ1) is 11.1. The molecule has 2 rings (SSSR count). The average molecular weight is 321 g/mol. The van der Waals surface area contributed by atoms with Crippen molar-refractivity contribution < 1.29 is 19.4 Å². The van der Waals surface area contributed by atoms with Gasteiger partial charge in [-0.25, -0.2) is 4.79 Å². The number of hydrogen-bond donors (Lipinski definition) is 1. The Morgan fingerprint density at radius 3 is 2.87 bits per heavy atom. The lowest BCUT2D eigenvalue weighted by molar-refractivity contribution is 0.0598. The van der Waals surface area contributed by atoms with Gasteiger partial charge >= 0.3 is 5.97 Å². The quantitative estimate of drug-likeness (QED) is 0.670. The van der Waals surface area contributed by atoms with Gasteiger partial charge in [-0.15, -0.1) is 0 Å². The zero-order valence-electron chi connectivity index (χ0n) is 14.0. The highest BCUT2D eigenvalue weighted by Crippen LogP contribution is 2.29. The number of carbonyl (C=O) groups is 1. The van der Waals surface area contributed by atoms with Crippen molar-refractivity contribution in [3.05, 3.63) is 29.8 Å². The lowest BCUT2D eigenvalue weighted by Crippen LogP contribution is -2.37. The summed E-state index contributed by atoms with van der Waals surface area (Å²) in [5.74, 6) is 0.983. The zero-order chi connectivity index (χ0) is 16.7. The van der Waals surface area contributed by atoms with Gasteiger partial charge in [0.1, 0.15) is 18.5 Å². The molecule has 1 aromatic rings. The Balaban J connectivity index is 1.80. The SMILES string of the molecule is CCCN(CC1CC1)C[C@H](O)COc1cccc(C(=O)OC)c1. The Morgan fingerprint density at radius 1 is 1.43 bits per heavy atom. The third-order valence-electron chi connectivity index (χ3n) is 3.92. The van der Waals surface area contributed by atoms with Crippen molar-refractivity contribution in [1.29, 1.82) is 0 Å². The van der Waals surface area contributed by atoms with Gasteiger partial charge in [-0.3, -0.25) is 0 Å². The van der Waals surface area contributed by atoms with Crippen molar-refractivity contribution in [1.82, 2.24) is 4.90 Å². The summed E-state index contributed by atoms with van der Waals surface area (Å²) in [6.45, 7) is 5.08. The summed E-state index contributed by atoms with van der Waals surface area (Å²) < 4.78 is 10.3. The Morgan fingerprint density at radius 2 is 2.22 bits per heavy atom. The third-order valence-corrected chi connectivity index (χ3v) is 3.92. The number of aliphatic hydroxyl groups excluding tert-OH is 1. The summed E-state index contributed by atoms with van der Waals surface area (Å²) >= 11 is 0. The van der Waals surface area contributed by atoms with Crippen molar-refractivity contribution in [2.75, 3.05) is 33.4 Å². The number of ether oxygens (including phenoxy) is 2. The maximum Gasteiger partial charge on any atom is 0.337 e. The normalized spacial score (nSPS) is 15.5. The molecule has 1 aliphatic rings. The monoisotopic (exact) mass is 321 g/mol. The molecule has 23 heavy (non-hydrogen) atoms. The minimum atomic E-state index is -0.540. The topological polar surface area (TPSA) is 59.0 Å². The number of benzene rings is 1. The van der Waals surface area contributed by atoms with Gasteiger partial charge in [-0.1, -0.05) is 13.0 Å². The van der Waals surface area contributed by atoms with Gasteiger partial charge in [0.25, 0.3) is 0 Å². The van der Waals surface area contributed by atoms with Crippen molar-refractivity contribution in [2.45, 2.75) is 32.3 Å². The second-order valence-corrected chi connectivity index (χ2v) is 6.19. The van der Waals surface area contributed by atoms with Crippen LogP contribution in [0.4, 0.5) is 0 Å². The molecule has 128 valence electrons. The molecule has 1 fully saturated rings. The van der Waals surface area contributed by atoms with E-state index in [0.29, 0.717) is 17.9 Å². The van der Waals surface area contributed by atoms with Crippen LogP contribution in [0.3, 0.4) is 0 Å². The molecule has 5 heteroatoms. The summed E-state index contributed by atoms with van der Waals surface area (Å²) in [5.41, 5.74) is 0.445. The number of rotatable bonds is 10. The van der Waals surface area contributed by atoms with Crippen LogP contribution < -0.4 is 4.74 Å². The Labute approximate surface area is 138 Å². The Bertz CT molecular complexity index is 502. The summed E-state index contributed by atoms with van der Waals surface area (Å²) in [7, 11) is 1.35. The number of nitrogens with zero attached hydrogens (tertiary/aromatic N) is 1. The van der Waals surface area contributed by atoms with Crippen molar-refractivity contribution in [3.8, 4) is 5.75 Å². The van der Waals surface area contributed by atoms with E-state index in [2.05, 4.69) is 16.6 Å². The van der Waals surface area contributed by atoms with Crippen LogP contribution in [0.1, 0.15) is 36.5 Å². The second kappa shape index (κ2) is 8.89. The molecule has 0 amide bonds. The number of esters is 1. The van der Waals surface area contributed by atoms with E-state index in [1.807, 2.05) is 0 Å². The van der Waals surface area contributed by atoms with Crippen LogP contribution in [0, 0.1) is 5.92 Å². The smallest absolute Gasteiger partial charge is 0.337 e. The summed E-state index contributed by atoms with van der Waals surface area (Å²) in [6, 6.07) is 6.82. The van der Waals surface area contributed by atoms with Crippen LogP contribution in [0.15, 0.2) is 24.3 Å². The summed E-state index contributed by atoms with van der Waals surface area (Å²) in [5, 5.41) is 10.2. The van der Waals surface area contributed by atoms with E-state index in [1.54, 1.807) is 24.3 Å². The molecule has 1 aromatic carbocycles. The number of carbonyl (C=O) groups excluding carboxylic acids is 1. The van der Waals surface area contributed by atoms with E-state index >= 15 is 0 Å². The van der Waals surface area contributed by atoms with Crippen LogP contribution in [0.25, 0.3) is 0 Å². The zero-order valence-corrected chi connectivity index (χ0v) is 14.0. The number of aliphatic hydroxyl groups is 1. The van der Waals surface area contributed by atoms with Gasteiger partial charge in [0.2, 0.25) is 0 Å². The molecular weight excluding hydrogens is 294 g/mol. The molecule has 0 saturated heterocycles. The molecule has 0 unspecified atom stereocenters. The van der Waals surface area contributed by atoms with Gasteiger partial charge < -0.3 is 19.5 Å². The van der Waals surface area contributed by atoms with Crippen molar-refractivity contribution >= 4 is 5.97 Å². The van der Waals surface area contributed by atoms with E-state index in [-0.39, 0.29) is 6.61 Å². The van der Waals surface area contributed by atoms with Gasteiger partial charge in [0, 0.05) is 13.1 Å². The van der Waals surface area contributed by atoms with E-state index in [9.17, 15) is 9.90 Å². The predicted octanol–water partition coefficient (Wildman–Crippen LogP) is 2.33. The standard InChI is InChI=1S/C18H27NO4/c1-3-9-19(11-14-7-8-14)12-16(20)13-23-17-6-4-5-15(10-17)18(21)22-2/h4-6,10,14,16,20H,3,7-9,11-13H2,1-2H3/t16-/m0/s1.